The van der Waals surface area contributed by atoms with Crippen molar-refractivity contribution in [1.82, 2.24) is 24.8 Å². The van der Waals surface area contributed by atoms with Crippen molar-refractivity contribution in [2.75, 3.05) is 45.9 Å². The predicted molar refractivity (Wildman–Crippen MR) is 136 cm³/mol. The van der Waals surface area contributed by atoms with Crippen molar-refractivity contribution < 1.29 is 9.84 Å². The third-order valence-electron chi connectivity index (χ3n) is 6.59. The predicted octanol–water partition coefficient (Wildman–Crippen LogP) is 3.21. The molecule has 7 nitrogen and oxygen atoms in total. The minimum Gasteiger partial charge on any atom is -0.490 e. The number of piperazine rings is 1. The molecule has 1 aromatic carbocycles. The summed E-state index contributed by atoms with van der Waals surface area (Å²) in [5.74, 6) is 0.995. The first-order chi connectivity index (χ1) is 17.3. The van der Waals surface area contributed by atoms with Crippen LogP contribution in [0.25, 0.3) is 10.9 Å². The lowest BCUT2D eigenvalue weighted by molar-refractivity contribution is 0.0459. The molecule has 1 atom stereocenters. The highest BCUT2D eigenvalue weighted by Gasteiger charge is 2.24. The second-order valence-electron chi connectivity index (χ2n) is 9.02. The quantitative estimate of drug-likeness (QED) is 0.403. The van der Waals surface area contributed by atoms with Gasteiger partial charge in [-0.05, 0) is 47.5 Å². The van der Waals surface area contributed by atoms with Crippen LogP contribution in [0.1, 0.15) is 17.0 Å². The Morgan fingerprint density at radius 3 is 2.09 bits per heavy atom. The summed E-state index contributed by atoms with van der Waals surface area (Å²) >= 11 is 0. The third-order valence-corrected chi connectivity index (χ3v) is 6.59. The van der Waals surface area contributed by atoms with Crippen molar-refractivity contribution in [3.8, 4) is 5.75 Å². The number of hydrogen-bond acceptors (Lipinski definition) is 7. The summed E-state index contributed by atoms with van der Waals surface area (Å²) in [4.78, 5) is 17.8. The number of benzene rings is 1. The van der Waals surface area contributed by atoms with E-state index in [-0.39, 0.29) is 12.5 Å². The maximum Gasteiger partial charge on any atom is 0.128 e. The van der Waals surface area contributed by atoms with Gasteiger partial charge in [0.25, 0.3) is 0 Å². The molecule has 35 heavy (non-hydrogen) atoms. The zero-order valence-corrected chi connectivity index (χ0v) is 19.8. The molecular weight excluding hydrogens is 438 g/mol. The van der Waals surface area contributed by atoms with Crippen LogP contribution in [0.2, 0.25) is 0 Å². The third kappa shape index (κ3) is 6.00. The highest BCUT2D eigenvalue weighted by molar-refractivity contribution is 5.84. The lowest BCUT2D eigenvalue weighted by Crippen LogP contribution is -2.50. The molecule has 180 valence electrons. The van der Waals surface area contributed by atoms with Gasteiger partial charge in [-0.15, -0.1) is 0 Å². The molecule has 4 heterocycles. The Bertz CT molecular complexity index is 1150. The summed E-state index contributed by atoms with van der Waals surface area (Å²) in [5, 5.41) is 11.6. The van der Waals surface area contributed by atoms with Crippen molar-refractivity contribution in [3.05, 3.63) is 96.7 Å². The molecule has 7 heteroatoms. The van der Waals surface area contributed by atoms with E-state index in [1.54, 1.807) is 6.20 Å². The maximum absolute atomic E-state index is 10.6. The van der Waals surface area contributed by atoms with E-state index < -0.39 is 6.10 Å². The second kappa shape index (κ2) is 11.4. The number of aromatic nitrogens is 3. The van der Waals surface area contributed by atoms with E-state index in [4.69, 9.17) is 4.74 Å². The molecule has 1 aliphatic heterocycles. The number of hydrogen-bond donors (Lipinski definition) is 1. The number of fused-ring (bicyclic) bond motifs is 1. The number of nitrogens with zero attached hydrogens (tertiary/aromatic N) is 5. The van der Waals surface area contributed by atoms with Gasteiger partial charge in [-0.3, -0.25) is 24.8 Å². The van der Waals surface area contributed by atoms with Crippen LogP contribution in [0.4, 0.5) is 0 Å². The van der Waals surface area contributed by atoms with Gasteiger partial charge in [0.05, 0.1) is 5.52 Å². The van der Waals surface area contributed by atoms with Gasteiger partial charge >= 0.3 is 0 Å². The summed E-state index contributed by atoms with van der Waals surface area (Å²) in [6.07, 6.45) is 8.76. The second-order valence-corrected chi connectivity index (χ2v) is 9.02. The first-order valence-electron chi connectivity index (χ1n) is 12.2. The summed E-state index contributed by atoms with van der Waals surface area (Å²) in [6, 6.07) is 18.0. The molecule has 1 aliphatic rings. The van der Waals surface area contributed by atoms with Crippen LogP contribution in [-0.2, 0) is 0 Å². The average molecular weight is 470 g/mol. The van der Waals surface area contributed by atoms with Gasteiger partial charge in [0.2, 0.25) is 0 Å². The molecule has 0 aliphatic carbocycles. The van der Waals surface area contributed by atoms with Gasteiger partial charge < -0.3 is 9.84 Å². The van der Waals surface area contributed by atoms with Crippen LogP contribution in [0.5, 0.6) is 5.75 Å². The molecule has 0 radical (unpaired) electrons. The number of ether oxygens (including phenoxy) is 1. The standard InChI is InChI=1S/C28H31N5O2/c34-24(21-35-28-9-1-8-27-25(28)7-4-12-31-27)19-32-13-15-33(16-14-32)20-26(22-5-2-10-29-17-22)23-6-3-11-30-18-23/h1-12,17-18,24,26,34H,13-16,19-21H2. The van der Waals surface area contributed by atoms with Crippen LogP contribution in [0.3, 0.4) is 0 Å². The number of β-amino-alcohol motifs (C(OH)–C–C–N with tert-alkyl or cyclic N) is 1. The Labute approximate surface area is 206 Å². The van der Waals surface area contributed by atoms with E-state index in [9.17, 15) is 5.11 Å². The smallest absolute Gasteiger partial charge is 0.128 e. The number of aliphatic hydroxyl groups excluding tert-OH is 1. The number of rotatable bonds is 9. The fourth-order valence-electron chi connectivity index (χ4n) is 4.72. The molecule has 0 bridgehead atoms. The van der Waals surface area contributed by atoms with Crippen LogP contribution in [0, 0.1) is 0 Å². The van der Waals surface area contributed by atoms with Gasteiger partial charge in [-0.2, -0.15) is 0 Å². The van der Waals surface area contributed by atoms with Crippen molar-refractivity contribution in [2.45, 2.75) is 12.0 Å². The molecule has 0 amide bonds. The van der Waals surface area contributed by atoms with Crippen LogP contribution in [0.15, 0.2) is 85.6 Å². The molecule has 4 aromatic rings. The van der Waals surface area contributed by atoms with Gasteiger partial charge in [-0.1, -0.05) is 18.2 Å². The van der Waals surface area contributed by atoms with Gasteiger partial charge in [-0.25, -0.2) is 0 Å². The van der Waals surface area contributed by atoms with E-state index in [1.165, 1.54) is 11.1 Å². The molecule has 1 fully saturated rings. The van der Waals surface area contributed by atoms with Crippen LogP contribution >= 0.6 is 0 Å². The van der Waals surface area contributed by atoms with E-state index in [0.29, 0.717) is 6.54 Å². The topological polar surface area (TPSA) is 74.6 Å². The Morgan fingerprint density at radius 2 is 1.43 bits per heavy atom. The first kappa shape index (κ1) is 23.4. The zero-order chi connectivity index (χ0) is 23.9. The van der Waals surface area contributed by atoms with Crippen molar-refractivity contribution in [3.63, 3.8) is 0 Å². The Kier molecular flexibility index (Phi) is 7.58. The summed E-state index contributed by atoms with van der Waals surface area (Å²) in [6.45, 7) is 5.54. The Hall–Kier alpha value is -3.39. The molecule has 1 saturated heterocycles. The largest absolute Gasteiger partial charge is 0.490 e. The molecule has 3 aromatic heterocycles. The van der Waals surface area contributed by atoms with Crippen molar-refractivity contribution >= 4 is 10.9 Å². The van der Waals surface area contributed by atoms with Crippen molar-refractivity contribution in [2.24, 2.45) is 0 Å². The Balaban J connectivity index is 1.13. The van der Waals surface area contributed by atoms with Gasteiger partial charge in [0, 0.05) is 81.6 Å². The number of aliphatic hydroxyl groups is 1. The van der Waals surface area contributed by atoms with E-state index in [1.807, 2.05) is 67.3 Å². The summed E-state index contributed by atoms with van der Waals surface area (Å²) < 4.78 is 5.96. The van der Waals surface area contributed by atoms with Gasteiger partial charge in [0.1, 0.15) is 18.5 Å². The monoisotopic (exact) mass is 469 g/mol. The van der Waals surface area contributed by atoms with E-state index in [0.717, 1.165) is 49.4 Å². The molecular formula is C28H31N5O2. The van der Waals surface area contributed by atoms with E-state index >= 15 is 0 Å². The highest BCUT2D eigenvalue weighted by Crippen LogP contribution is 2.26. The zero-order valence-electron chi connectivity index (χ0n) is 19.8. The molecule has 0 spiro atoms. The molecule has 5 rings (SSSR count). The fourth-order valence-corrected chi connectivity index (χ4v) is 4.72. The van der Waals surface area contributed by atoms with Gasteiger partial charge in [0.15, 0.2) is 0 Å². The molecule has 1 N–H and O–H groups in total. The summed E-state index contributed by atoms with van der Waals surface area (Å²) in [7, 11) is 0. The minimum absolute atomic E-state index is 0.234. The van der Waals surface area contributed by atoms with E-state index in [2.05, 4.69) is 36.9 Å². The number of pyridine rings is 3. The fraction of sp³-hybridized carbons (Fsp3) is 0.321. The Morgan fingerprint density at radius 1 is 0.771 bits per heavy atom. The lowest BCUT2D eigenvalue weighted by atomic mass is 9.93. The van der Waals surface area contributed by atoms with Crippen molar-refractivity contribution in [1.29, 1.82) is 0 Å². The highest BCUT2D eigenvalue weighted by atomic mass is 16.5. The average Bonchev–Trinajstić information content (AvgIpc) is 2.92. The minimum atomic E-state index is -0.549. The molecule has 1 unspecified atom stereocenters. The SMILES string of the molecule is OC(COc1cccc2ncccc12)CN1CCN(CC(c2cccnc2)c2cccnc2)CC1. The molecule has 0 saturated carbocycles. The first-order valence-corrected chi connectivity index (χ1v) is 12.2. The normalized spacial score (nSPS) is 15.9. The van der Waals surface area contributed by atoms with Crippen LogP contribution < -0.4 is 4.74 Å². The van der Waals surface area contributed by atoms with Crippen LogP contribution in [-0.4, -0.2) is 81.8 Å². The summed E-state index contributed by atoms with van der Waals surface area (Å²) in [5.41, 5.74) is 3.31. The maximum atomic E-state index is 10.6. The lowest BCUT2D eigenvalue weighted by Gasteiger charge is -2.37.